The van der Waals surface area contributed by atoms with Gasteiger partial charge in [-0.25, -0.2) is 4.79 Å². The van der Waals surface area contributed by atoms with Gasteiger partial charge < -0.3 is 11.1 Å². The van der Waals surface area contributed by atoms with Crippen molar-refractivity contribution >= 4 is 11.9 Å². The molecule has 1 aliphatic carbocycles. The van der Waals surface area contributed by atoms with Crippen molar-refractivity contribution in [2.24, 2.45) is 11.7 Å². The lowest BCUT2D eigenvalue weighted by atomic mass is 10.1. The number of amides is 3. The van der Waals surface area contributed by atoms with Crippen LogP contribution in [0.5, 0.6) is 0 Å². The van der Waals surface area contributed by atoms with Crippen molar-refractivity contribution in [3.05, 3.63) is 0 Å². The molecular weight excluding hydrogens is 194 g/mol. The zero-order chi connectivity index (χ0) is 11.3. The van der Waals surface area contributed by atoms with Crippen LogP contribution in [0.3, 0.4) is 0 Å². The summed E-state index contributed by atoms with van der Waals surface area (Å²) in [5.74, 6) is 0.314. The number of rotatable bonds is 4. The van der Waals surface area contributed by atoms with Crippen LogP contribution in [0.2, 0.25) is 0 Å². The Kier molecular flexibility index (Phi) is 4.55. The van der Waals surface area contributed by atoms with Crippen LogP contribution in [0.1, 0.15) is 32.6 Å². The smallest absolute Gasteiger partial charge is 0.318 e. The van der Waals surface area contributed by atoms with Gasteiger partial charge in [0.1, 0.15) is 0 Å². The molecule has 1 aliphatic rings. The molecule has 1 atom stereocenters. The zero-order valence-corrected chi connectivity index (χ0v) is 9.08. The molecule has 4 N–H and O–H groups in total. The van der Waals surface area contributed by atoms with Crippen molar-refractivity contribution in [3.8, 4) is 0 Å². The van der Waals surface area contributed by atoms with Gasteiger partial charge in [-0.05, 0) is 32.2 Å². The molecule has 1 fully saturated rings. The molecule has 0 bridgehead atoms. The molecular formula is C10H19N3O2. The van der Waals surface area contributed by atoms with Gasteiger partial charge in [-0.3, -0.25) is 10.1 Å². The maximum Gasteiger partial charge on any atom is 0.318 e. The van der Waals surface area contributed by atoms with Crippen molar-refractivity contribution in [2.75, 3.05) is 6.54 Å². The lowest BCUT2D eigenvalue weighted by Gasteiger charge is -2.15. The fourth-order valence-corrected chi connectivity index (χ4v) is 1.88. The molecule has 3 amide bonds. The average Bonchev–Trinajstić information content (AvgIpc) is 2.65. The largest absolute Gasteiger partial charge is 0.351 e. The standard InChI is InChI=1S/C10H19N3O2/c1-7(9(14)13-10(11)15)12-6-8-4-2-3-5-8/h7-8,12H,2-6H2,1H3,(H3,11,13,14,15). The Bertz CT molecular complexity index is 237. The Morgan fingerprint density at radius 2 is 2.00 bits per heavy atom. The normalized spacial score (nSPS) is 18.7. The number of nitrogens with two attached hydrogens (primary N) is 1. The topological polar surface area (TPSA) is 84.2 Å². The zero-order valence-electron chi connectivity index (χ0n) is 9.08. The molecule has 5 heteroatoms. The number of primary amides is 1. The first kappa shape index (κ1) is 12.0. The average molecular weight is 213 g/mol. The van der Waals surface area contributed by atoms with Crippen LogP contribution in [-0.2, 0) is 4.79 Å². The van der Waals surface area contributed by atoms with Crippen molar-refractivity contribution in [1.82, 2.24) is 10.6 Å². The molecule has 0 radical (unpaired) electrons. The Morgan fingerprint density at radius 1 is 1.40 bits per heavy atom. The van der Waals surface area contributed by atoms with Gasteiger partial charge in [0.15, 0.2) is 0 Å². The number of hydrogen-bond acceptors (Lipinski definition) is 3. The summed E-state index contributed by atoms with van der Waals surface area (Å²) in [6.07, 6.45) is 5.04. The second-order valence-corrected chi connectivity index (χ2v) is 4.13. The first-order valence-electron chi connectivity index (χ1n) is 5.43. The third-order valence-electron chi connectivity index (χ3n) is 2.83. The van der Waals surface area contributed by atoms with E-state index in [1.807, 2.05) is 0 Å². The van der Waals surface area contributed by atoms with Crippen LogP contribution >= 0.6 is 0 Å². The van der Waals surface area contributed by atoms with Gasteiger partial charge in [0, 0.05) is 0 Å². The molecule has 0 aliphatic heterocycles. The molecule has 15 heavy (non-hydrogen) atoms. The van der Waals surface area contributed by atoms with Crippen LogP contribution in [0.4, 0.5) is 4.79 Å². The highest BCUT2D eigenvalue weighted by atomic mass is 16.2. The summed E-state index contributed by atoms with van der Waals surface area (Å²) in [6, 6.07) is -1.16. The van der Waals surface area contributed by atoms with E-state index in [2.05, 4.69) is 10.6 Å². The number of imide groups is 1. The molecule has 0 spiro atoms. The quantitative estimate of drug-likeness (QED) is 0.630. The van der Waals surface area contributed by atoms with Crippen LogP contribution in [0, 0.1) is 5.92 Å². The van der Waals surface area contributed by atoms with E-state index in [0.29, 0.717) is 5.92 Å². The van der Waals surface area contributed by atoms with Gasteiger partial charge >= 0.3 is 6.03 Å². The van der Waals surface area contributed by atoms with Gasteiger partial charge in [-0.1, -0.05) is 12.8 Å². The molecule has 1 unspecified atom stereocenters. The fourth-order valence-electron chi connectivity index (χ4n) is 1.88. The number of hydrogen-bond donors (Lipinski definition) is 3. The molecule has 0 aromatic heterocycles. The van der Waals surface area contributed by atoms with Crippen molar-refractivity contribution < 1.29 is 9.59 Å². The maximum absolute atomic E-state index is 11.3. The molecule has 0 aromatic rings. The highest BCUT2D eigenvalue weighted by Crippen LogP contribution is 2.23. The third kappa shape index (κ3) is 4.29. The lowest BCUT2D eigenvalue weighted by molar-refractivity contribution is -0.121. The molecule has 86 valence electrons. The van der Waals surface area contributed by atoms with E-state index >= 15 is 0 Å². The summed E-state index contributed by atoms with van der Waals surface area (Å²) in [5, 5.41) is 5.17. The summed E-state index contributed by atoms with van der Waals surface area (Å²) in [4.78, 5) is 21.7. The summed E-state index contributed by atoms with van der Waals surface area (Å²) in [7, 11) is 0. The Balaban J connectivity index is 2.19. The third-order valence-corrected chi connectivity index (χ3v) is 2.83. The van der Waals surface area contributed by atoms with E-state index < -0.39 is 6.03 Å². The lowest BCUT2D eigenvalue weighted by Crippen LogP contribution is -2.47. The number of carbonyl (C=O) groups is 2. The number of urea groups is 1. The summed E-state index contributed by atoms with van der Waals surface area (Å²) < 4.78 is 0. The molecule has 0 aromatic carbocycles. The van der Waals surface area contributed by atoms with Crippen LogP contribution in [-0.4, -0.2) is 24.5 Å². The van der Waals surface area contributed by atoms with E-state index in [1.54, 1.807) is 6.92 Å². The summed E-state index contributed by atoms with van der Waals surface area (Å²) in [5.41, 5.74) is 4.85. The molecule has 1 saturated carbocycles. The van der Waals surface area contributed by atoms with Gasteiger partial charge in [-0.2, -0.15) is 0 Å². The van der Waals surface area contributed by atoms with Crippen LogP contribution in [0.15, 0.2) is 0 Å². The van der Waals surface area contributed by atoms with Crippen molar-refractivity contribution in [3.63, 3.8) is 0 Å². The molecule has 0 heterocycles. The van der Waals surface area contributed by atoms with E-state index in [1.165, 1.54) is 25.7 Å². The van der Waals surface area contributed by atoms with Gasteiger partial charge in [0.25, 0.3) is 0 Å². The monoisotopic (exact) mass is 213 g/mol. The SMILES string of the molecule is CC(NCC1CCCC1)C(=O)NC(N)=O. The summed E-state index contributed by atoms with van der Waals surface area (Å²) in [6.45, 7) is 2.57. The molecule has 0 saturated heterocycles. The van der Waals surface area contributed by atoms with Gasteiger partial charge in [0.2, 0.25) is 5.91 Å². The Hall–Kier alpha value is -1.10. The second-order valence-electron chi connectivity index (χ2n) is 4.13. The van der Waals surface area contributed by atoms with Gasteiger partial charge in [0.05, 0.1) is 6.04 Å². The van der Waals surface area contributed by atoms with Crippen molar-refractivity contribution in [1.29, 1.82) is 0 Å². The highest BCUT2D eigenvalue weighted by Gasteiger charge is 2.18. The Labute approximate surface area is 89.8 Å². The number of carbonyl (C=O) groups excluding carboxylic acids is 2. The van der Waals surface area contributed by atoms with Crippen LogP contribution < -0.4 is 16.4 Å². The van der Waals surface area contributed by atoms with E-state index in [0.717, 1.165) is 6.54 Å². The predicted molar refractivity (Wildman–Crippen MR) is 57.1 cm³/mol. The summed E-state index contributed by atoms with van der Waals surface area (Å²) >= 11 is 0. The minimum Gasteiger partial charge on any atom is -0.351 e. The first-order valence-corrected chi connectivity index (χ1v) is 5.43. The minimum absolute atomic E-state index is 0.361. The first-order chi connectivity index (χ1) is 7.09. The minimum atomic E-state index is -0.797. The predicted octanol–water partition coefficient (Wildman–Crippen LogP) is 0.350. The van der Waals surface area contributed by atoms with E-state index in [-0.39, 0.29) is 11.9 Å². The number of nitrogens with one attached hydrogen (secondary N) is 2. The Morgan fingerprint density at radius 3 is 2.53 bits per heavy atom. The van der Waals surface area contributed by atoms with Crippen LogP contribution in [0.25, 0.3) is 0 Å². The fraction of sp³-hybridized carbons (Fsp3) is 0.800. The molecule has 1 rings (SSSR count). The van der Waals surface area contributed by atoms with E-state index in [4.69, 9.17) is 5.73 Å². The maximum atomic E-state index is 11.3. The second kappa shape index (κ2) is 5.70. The van der Waals surface area contributed by atoms with E-state index in [9.17, 15) is 9.59 Å². The molecule has 5 nitrogen and oxygen atoms in total. The van der Waals surface area contributed by atoms with Gasteiger partial charge in [-0.15, -0.1) is 0 Å². The van der Waals surface area contributed by atoms with Crippen molar-refractivity contribution in [2.45, 2.75) is 38.6 Å². The highest BCUT2D eigenvalue weighted by molar-refractivity contribution is 5.96.